The van der Waals surface area contributed by atoms with Crippen LogP contribution in [0.5, 0.6) is 0 Å². The molecule has 0 spiro atoms. The minimum atomic E-state index is 0.603. The van der Waals surface area contributed by atoms with E-state index in [2.05, 4.69) is 34.4 Å². The lowest BCUT2D eigenvalue weighted by molar-refractivity contribution is 0.305. The molecule has 1 aromatic rings. The quantitative estimate of drug-likeness (QED) is 0.785. The lowest BCUT2D eigenvalue weighted by Gasteiger charge is -2.17. The molecule has 5 heteroatoms. The van der Waals surface area contributed by atoms with Crippen molar-refractivity contribution in [1.29, 1.82) is 0 Å². The smallest absolute Gasteiger partial charge is 0.0692 e. The molecule has 102 valence electrons. The highest BCUT2D eigenvalue weighted by Gasteiger charge is 2.21. The van der Waals surface area contributed by atoms with Gasteiger partial charge in [0.15, 0.2) is 0 Å². The summed E-state index contributed by atoms with van der Waals surface area (Å²) in [6.45, 7) is 10.2. The lowest BCUT2D eigenvalue weighted by Crippen LogP contribution is -2.31. The summed E-state index contributed by atoms with van der Waals surface area (Å²) in [5, 5.41) is 11.3. The number of hydrogen-bond donors (Lipinski definition) is 1. The fraction of sp³-hybridized carbons (Fsp3) is 0.846. The molecule has 1 atom stereocenters. The van der Waals surface area contributed by atoms with Gasteiger partial charge in [0.25, 0.3) is 0 Å². The van der Waals surface area contributed by atoms with Gasteiger partial charge in [0.05, 0.1) is 6.20 Å². The normalized spacial score (nSPS) is 20.9. The highest BCUT2D eigenvalue weighted by molar-refractivity contribution is 4.77. The molecule has 0 saturated carbocycles. The molecule has 1 N–H and O–H groups in total. The maximum Gasteiger partial charge on any atom is 0.0692 e. The van der Waals surface area contributed by atoms with Gasteiger partial charge in [0, 0.05) is 25.3 Å². The topological polar surface area (TPSA) is 46.0 Å². The molecule has 1 aliphatic heterocycles. The Kier molecular flexibility index (Phi) is 5.13. The SMILES string of the molecule is CC(C)NCC1CCN(CCCn2ccnn2)C1. The van der Waals surface area contributed by atoms with E-state index in [4.69, 9.17) is 0 Å². The molecule has 1 aliphatic rings. The van der Waals surface area contributed by atoms with Gasteiger partial charge in [0.2, 0.25) is 0 Å². The summed E-state index contributed by atoms with van der Waals surface area (Å²) in [4.78, 5) is 2.57. The maximum absolute atomic E-state index is 3.98. The summed E-state index contributed by atoms with van der Waals surface area (Å²) in [5.41, 5.74) is 0. The van der Waals surface area contributed by atoms with Crippen molar-refractivity contribution >= 4 is 0 Å². The van der Waals surface area contributed by atoms with Crippen molar-refractivity contribution in [2.24, 2.45) is 5.92 Å². The van der Waals surface area contributed by atoms with Gasteiger partial charge in [-0.1, -0.05) is 19.1 Å². The summed E-state index contributed by atoms with van der Waals surface area (Å²) >= 11 is 0. The number of likely N-dealkylation sites (tertiary alicyclic amines) is 1. The number of hydrogen-bond acceptors (Lipinski definition) is 4. The first-order chi connectivity index (χ1) is 8.74. The standard InChI is InChI=1S/C13H25N5/c1-12(2)14-10-13-4-8-17(11-13)6-3-7-18-9-5-15-16-18/h5,9,12-14H,3-4,6-8,10-11H2,1-2H3. The molecule has 18 heavy (non-hydrogen) atoms. The van der Waals surface area contributed by atoms with Crippen LogP contribution in [0.1, 0.15) is 26.7 Å². The average Bonchev–Trinajstić information content (AvgIpc) is 2.97. The lowest BCUT2D eigenvalue weighted by atomic mass is 10.1. The van der Waals surface area contributed by atoms with Gasteiger partial charge >= 0.3 is 0 Å². The summed E-state index contributed by atoms with van der Waals surface area (Å²) in [7, 11) is 0. The van der Waals surface area contributed by atoms with E-state index in [1.54, 1.807) is 6.20 Å². The predicted octanol–water partition coefficient (Wildman–Crippen LogP) is 0.988. The van der Waals surface area contributed by atoms with Crippen molar-refractivity contribution in [1.82, 2.24) is 25.2 Å². The Balaban J connectivity index is 1.58. The maximum atomic E-state index is 3.98. The van der Waals surface area contributed by atoms with Crippen molar-refractivity contribution in [3.05, 3.63) is 12.4 Å². The third kappa shape index (κ3) is 4.38. The first-order valence-corrected chi connectivity index (χ1v) is 7.04. The second kappa shape index (κ2) is 6.85. The number of nitrogens with zero attached hydrogens (tertiary/aromatic N) is 4. The Bertz CT molecular complexity index is 322. The van der Waals surface area contributed by atoms with Crippen molar-refractivity contribution in [2.75, 3.05) is 26.2 Å². The van der Waals surface area contributed by atoms with Crippen LogP contribution in [0.15, 0.2) is 12.4 Å². The first kappa shape index (κ1) is 13.5. The second-order valence-corrected chi connectivity index (χ2v) is 5.54. The van der Waals surface area contributed by atoms with Crippen LogP contribution in [0.25, 0.3) is 0 Å². The van der Waals surface area contributed by atoms with Gasteiger partial charge < -0.3 is 10.2 Å². The van der Waals surface area contributed by atoms with Gasteiger partial charge in [-0.3, -0.25) is 4.68 Å². The molecule has 5 nitrogen and oxygen atoms in total. The van der Waals surface area contributed by atoms with Gasteiger partial charge in [-0.2, -0.15) is 0 Å². The van der Waals surface area contributed by atoms with E-state index in [9.17, 15) is 0 Å². The third-order valence-electron chi connectivity index (χ3n) is 3.52. The molecule has 0 aliphatic carbocycles. The molecule has 1 unspecified atom stereocenters. The third-order valence-corrected chi connectivity index (χ3v) is 3.52. The van der Waals surface area contributed by atoms with Gasteiger partial charge in [-0.25, -0.2) is 0 Å². The molecular weight excluding hydrogens is 226 g/mol. The molecule has 0 aromatic carbocycles. The summed E-state index contributed by atoms with van der Waals surface area (Å²) in [6.07, 6.45) is 6.17. The summed E-state index contributed by atoms with van der Waals surface area (Å²) in [6, 6.07) is 0.603. The van der Waals surface area contributed by atoms with Crippen molar-refractivity contribution < 1.29 is 0 Å². The van der Waals surface area contributed by atoms with Gasteiger partial charge in [-0.15, -0.1) is 5.10 Å². The van der Waals surface area contributed by atoms with Gasteiger partial charge in [-0.05, 0) is 38.4 Å². The Morgan fingerprint density at radius 1 is 1.39 bits per heavy atom. The van der Waals surface area contributed by atoms with E-state index in [0.717, 1.165) is 25.4 Å². The first-order valence-electron chi connectivity index (χ1n) is 7.04. The zero-order valence-electron chi connectivity index (χ0n) is 11.5. The monoisotopic (exact) mass is 251 g/mol. The van der Waals surface area contributed by atoms with E-state index in [1.165, 1.54) is 26.1 Å². The van der Waals surface area contributed by atoms with Crippen molar-refractivity contribution in [3.8, 4) is 0 Å². The van der Waals surface area contributed by atoms with E-state index in [-0.39, 0.29) is 0 Å². The van der Waals surface area contributed by atoms with Crippen LogP contribution in [0.3, 0.4) is 0 Å². The molecule has 2 heterocycles. The Morgan fingerprint density at radius 2 is 2.28 bits per heavy atom. The second-order valence-electron chi connectivity index (χ2n) is 5.54. The molecule has 1 aromatic heterocycles. The van der Waals surface area contributed by atoms with Crippen LogP contribution in [0.4, 0.5) is 0 Å². The zero-order valence-corrected chi connectivity index (χ0v) is 11.5. The number of aromatic nitrogens is 3. The van der Waals surface area contributed by atoms with Crippen LogP contribution in [-0.4, -0.2) is 52.1 Å². The van der Waals surface area contributed by atoms with E-state index in [0.29, 0.717) is 6.04 Å². The summed E-state index contributed by atoms with van der Waals surface area (Å²) < 4.78 is 1.91. The highest BCUT2D eigenvalue weighted by atomic mass is 15.4. The van der Waals surface area contributed by atoms with E-state index < -0.39 is 0 Å². The minimum absolute atomic E-state index is 0.603. The van der Waals surface area contributed by atoms with Crippen LogP contribution >= 0.6 is 0 Å². The minimum Gasteiger partial charge on any atom is -0.314 e. The largest absolute Gasteiger partial charge is 0.314 e. The van der Waals surface area contributed by atoms with E-state index in [1.807, 2.05) is 10.9 Å². The molecule has 1 fully saturated rings. The number of nitrogens with one attached hydrogen (secondary N) is 1. The average molecular weight is 251 g/mol. The Morgan fingerprint density at radius 3 is 3.00 bits per heavy atom. The number of aryl methyl sites for hydroxylation is 1. The fourth-order valence-electron chi connectivity index (χ4n) is 2.49. The van der Waals surface area contributed by atoms with Crippen LogP contribution < -0.4 is 5.32 Å². The molecular formula is C13H25N5. The Hall–Kier alpha value is -0.940. The highest BCUT2D eigenvalue weighted by Crippen LogP contribution is 2.15. The number of rotatable bonds is 7. The van der Waals surface area contributed by atoms with Crippen molar-refractivity contribution in [3.63, 3.8) is 0 Å². The fourth-order valence-corrected chi connectivity index (χ4v) is 2.49. The Labute approximate surface area is 110 Å². The molecule has 2 rings (SSSR count). The predicted molar refractivity (Wildman–Crippen MR) is 72.3 cm³/mol. The van der Waals surface area contributed by atoms with Crippen LogP contribution in [0.2, 0.25) is 0 Å². The molecule has 0 radical (unpaired) electrons. The molecule has 0 bridgehead atoms. The van der Waals surface area contributed by atoms with E-state index >= 15 is 0 Å². The van der Waals surface area contributed by atoms with Crippen LogP contribution in [-0.2, 0) is 6.54 Å². The zero-order chi connectivity index (χ0) is 12.8. The van der Waals surface area contributed by atoms with Crippen molar-refractivity contribution in [2.45, 2.75) is 39.3 Å². The molecule has 1 saturated heterocycles. The molecule has 0 amide bonds. The van der Waals surface area contributed by atoms with Gasteiger partial charge in [0.1, 0.15) is 0 Å². The van der Waals surface area contributed by atoms with Crippen LogP contribution in [0, 0.1) is 5.92 Å². The summed E-state index contributed by atoms with van der Waals surface area (Å²) in [5.74, 6) is 0.832.